The van der Waals surface area contributed by atoms with Gasteiger partial charge < -0.3 is 0 Å². The van der Waals surface area contributed by atoms with Crippen molar-refractivity contribution < 1.29 is 21.3 Å². The predicted molar refractivity (Wildman–Crippen MR) is 137 cm³/mol. The van der Waals surface area contributed by atoms with Crippen LogP contribution in [-0.2, 0) is 21.3 Å². The van der Waals surface area contributed by atoms with Crippen LogP contribution in [0.2, 0.25) is 0 Å². The van der Waals surface area contributed by atoms with Gasteiger partial charge in [-0.1, -0.05) is 26.7 Å². The normalized spacial score (nSPS) is 15.6. The molecule has 5 rings (SSSR count). The van der Waals surface area contributed by atoms with Crippen molar-refractivity contribution in [1.29, 1.82) is 0 Å². The van der Waals surface area contributed by atoms with Crippen LogP contribution in [0.1, 0.15) is 59.0 Å². The molecule has 3 aromatic rings. The molecule has 0 spiro atoms. The van der Waals surface area contributed by atoms with Crippen LogP contribution in [0.3, 0.4) is 0 Å². The maximum absolute atomic E-state index is 2.49. The van der Waals surface area contributed by atoms with Crippen LogP contribution in [-0.4, -0.2) is 3.21 Å². The molecular formula is C31H32Zr. The second-order valence-corrected chi connectivity index (χ2v) is 14.7. The van der Waals surface area contributed by atoms with E-state index in [9.17, 15) is 0 Å². The maximum atomic E-state index is 2.49. The summed E-state index contributed by atoms with van der Waals surface area (Å²) in [5.74, 6) is 0. The Balaban J connectivity index is 0.000000567. The van der Waals surface area contributed by atoms with E-state index in [0.29, 0.717) is 3.63 Å². The molecule has 160 valence electrons. The van der Waals surface area contributed by atoms with Gasteiger partial charge in [-0.3, -0.25) is 0 Å². The van der Waals surface area contributed by atoms with Crippen LogP contribution in [0, 0.1) is 0 Å². The van der Waals surface area contributed by atoms with E-state index in [2.05, 4.69) is 129 Å². The molecule has 1 unspecified atom stereocenters. The first-order valence-electron chi connectivity index (χ1n) is 11.8. The van der Waals surface area contributed by atoms with E-state index in [1.807, 2.05) is 0 Å². The summed E-state index contributed by atoms with van der Waals surface area (Å²) in [5.41, 5.74) is 5.72. The van der Waals surface area contributed by atoms with Crippen molar-refractivity contribution >= 4 is 9.28 Å². The zero-order chi connectivity index (χ0) is 22.2. The van der Waals surface area contributed by atoms with Crippen molar-refractivity contribution in [3.05, 3.63) is 135 Å². The molecule has 0 nitrogen and oxygen atoms in total. The summed E-state index contributed by atoms with van der Waals surface area (Å²) in [7, 11) is 0. The van der Waals surface area contributed by atoms with E-state index >= 15 is 0 Å². The van der Waals surface area contributed by atoms with Gasteiger partial charge in [-0.05, 0) is 0 Å². The van der Waals surface area contributed by atoms with E-state index in [0.717, 1.165) is 6.42 Å². The Hall–Kier alpha value is -2.37. The van der Waals surface area contributed by atoms with Gasteiger partial charge in [-0.2, -0.15) is 0 Å². The molecule has 3 aromatic carbocycles. The van der Waals surface area contributed by atoms with Gasteiger partial charge in [0.25, 0.3) is 0 Å². The average molecular weight is 496 g/mol. The Bertz CT molecular complexity index is 1100. The van der Waals surface area contributed by atoms with Crippen molar-refractivity contribution in [1.82, 2.24) is 0 Å². The molecule has 1 heteroatoms. The van der Waals surface area contributed by atoms with Crippen molar-refractivity contribution in [3.63, 3.8) is 0 Å². The molecule has 1 atom stereocenters. The maximum Gasteiger partial charge on any atom is -0.0564 e. The van der Waals surface area contributed by atoms with Gasteiger partial charge >= 0.3 is 175 Å². The average Bonchev–Trinajstić information content (AvgIpc) is 3.54. The molecule has 0 saturated carbocycles. The summed E-state index contributed by atoms with van der Waals surface area (Å²) >= 11 is -2.28. The first-order valence-corrected chi connectivity index (χ1v) is 15.7. The zero-order valence-electron chi connectivity index (χ0n) is 19.2. The van der Waals surface area contributed by atoms with Crippen molar-refractivity contribution in [2.45, 2.75) is 36.7 Å². The van der Waals surface area contributed by atoms with Crippen molar-refractivity contribution in [3.8, 4) is 0 Å². The fraction of sp³-hybridized carbons (Fsp3) is 0.194. The summed E-state index contributed by atoms with van der Waals surface area (Å²) in [6, 6.07) is 31.1. The fourth-order valence-corrected chi connectivity index (χ4v) is 12.9. The molecule has 0 fully saturated rings. The third-order valence-corrected chi connectivity index (χ3v) is 14.2. The molecule has 0 amide bonds. The number of unbranched alkanes of at least 4 members (excludes halogenated alkanes) is 1. The molecule has 0 heterocycles. The van der Waals surface area contributed by atoms with Crippen molar-refractivity contribution in [2.75, 3.05) is 0 Å². The Morgan fingerprint density at radius 3 is 1.94 bits per heavy atom. The van der Waals surface area contributed by atoms with Crippen LogP contribution in [0.4, 0.5) is 0 Å². The second-order valence-electron chi connectivity index (χ2n) is 8.31. The third kappa shape index (κ3) is 5.16. The number of fused-ring (bicyclic) bond motifs is 1. The largest absolute Gasteiger partial charge is 0.0654 e. The Kier molecular flexibility index (Phi) is 8.19. The van der Waals surface area contributed by atoms with Gasteiger partial charge in [0.05, 0.1) is 0 Å². The monoisotopic (exact) mass is 494 g/mol. The molecule has 2 aliphatic carbocycles. The van der Waals surface area contributed by atoms with Crippen molar-refractivity contribution in [2.24, 2.45) is 0 Å². The minimum Gasteiger partial charge on any atom is -0.0654 e. The predicted octanol–water partition coefficient (Wildman–Crippen LogP) is 8.29. The van der Waals surface area contributed by atoms with Crippen LogP contribution >= 0.6 is 0 Å². The molecule has 0 aromatic heterocycles. The van der Waals surface area contributed by atoms with Crippen LogP contribution in [0.25, 0.3) is 6.08 Å². The smallest absolute Gasteiger partial charge is 0.0564 e. The summed E-state index contributed by atoms with van der Waals surface area (Å²) < 4.78 is 3.86. The van der Waals surface area contributed by atoms with Gasteiger partial charge in [0.2, 0.25) is 0 Å². The first kappa shape index (κ1) is 22.8. The van der Waals surface area contributed by atoms with E-state index in [4.69, 9.17) is 0 Å². The molecule has 0 N–H and O–H groups in total. The topological polar surface area (TPSA) is 0 Å². The number of benzene rings is 3. The fourth-order valence-electron chi connectivity index (χ4n) is 4.35. The second kappa shape index (κ2) is 11.5. The molecule has 2 aliphatic rings. The van der Waals surface area contributed by atoms with Gasteiger partial charge in [-0.25, -0.2) is 0 Å². The van der Waals surface area contributed by atoms with Crippen LogP contribution in [0.5, 0.6) is 0 Å². The Labute approximate surface area is 201 Å². The SMILES string of the molecule is C1=CC[C]([Zr](=[C](c2ccccc2)c2ccccc2)[CH]2C=Cc3ccccc32)=C1.CCCC. The minimum atomic E-state index is -2.28. The van der Waals surface area contributed by atoms with Gasteiger partial charge in [0.15, 0.2) is 0 Å². The summed E-state index contributed by atoms with van der Waals surface area (Å²) in [6.45, 7) is 4.36. The van der Waals surface area contributed by atoms with Crippen LogP contribution < -0.4 is 0 Å². The first-order chi connectivity index (χ1) is 15.8. The molecule has 0 radical (unpaired) electrons. The van der Waals surface area contributed by atoms with E-state index < -0.39 is 21.3 Å². The molecular weight excluding hydrogens is 464 g/mol. The number of hydrogen-bond acceptors (Lipinski definition) is 0. The Morgan fingerprint density at radius 2 is 1.38 bits per heavy atom. The van der Waals surface area contributed by atoms with Crippen LogP contribution in [0.15, 0.2) is 113 Å². The number of allylic oxidation sites excluding steroid dienone is 5. The number of hydrogen-bond donors (Lipinski definition) is 0. The van der Waals surface area contributed by atoms with Gasteiger partial charge in [0.1, 0.15) is 0 Å². The van der Waals surface area contributed by atoms with Gasteiger partial charge in [-0.15, -0.1) is 0 Å². The number of rotatable bonds is 5. The zero-order valence-corrected chi connectivity index (χ0v) is 21.6. The minimum absolute atomic E-state index is 0.556. The third-order valence-electron chi connectivity index (χ3n) is 6.12. The summed E-state index contributed by atoms with van der Waals surface area (Å²) in [4.78, 5) is 0. The summed E-state index contributed by atoms with van der Waals surface area (Å²) in [5, 5.41) is 0. The molecule has 0 bridgehead atoms. The molecule has 32 heavy (non-hydrogen) atoms. The van der Waals surface area contributed by atoms with E-state index in [-0.39, 0.29) is 0 Å². The molecule has 0 saturated heterocycles. The van der Waals surface area contributed by atoms with E-state index in [1.165, 1.54) is 35.1 Å². The Morgan fingerprint density at radius 1 is 0.781 bits per heavy atom. The van der Waals surface area contributed by atoms with E-state index in [1.54, 1.807) is 6.49 Å². The summed E-state index contributed by atoms with van der Waals surface area (Å²) in [6.07, 6.45) is 15.6. The quantitative estimate of drug-likeness (QED) is 0.334. The standard InChI is InChI=1S/C13H10.C9H7.C5H5.C4H10.Zr/c1-3-7-12(8-4-1)11-13-9-5-2-6-10-13;1-2-5-9-7-3-6-8(9)4-1;1-2-4-5-3-1;1-3-4-2;/h1-10H;1-7H;1-3H,4H2;3-4H2,1-2H3;. The van der Waals surface area contributed by atoms with Gasteiger partial charge in [0, 0.05) is 0 Å². The molecule has 0 aliphatic heterocycles.